The van der Waals surface area contributed by atoms with Crippen LogP contribution in [0.15, 0.2) is 72.8 Å². The molecule has 0 spiro atoms. The normalized spacial score (nSPS) is 10.5. The molecule has 0 aromatic heterocycles. The molecule has 3 aromatic carbocycles. The first-order valence-corrected chi connectivity index (χ1v) is 15.9. The number of ether oxygens (including phenoxy) is 2. The number of carbonyl (C=O) groups excluding carboxylic acids is 5. The third-order valence-corrected chi connectivity index (χ3v) is 7.30. The van der Waals surface area contributed by atoms with Crippen LogP contribution in [0.2, 0.25) is 0 Å². The van der Waals surface area contributed by atoms with Gasteiger partial charge in [0, 0.05) is 35.7 Å². The Kier molecular flexibility index (Phi) is 14.4. The monoisotopic (exact) mass is 659 g/mol. The summed E-state index contributed by atoms with van der Waals surface area (Å²) < 4.78 is 10.3. The van der Waals surface area contributed by atoms with Gasteiger partial charge in [-0.25, -0.2) is 4.79 Å². The van der Waals surface area contributed by atoms with Crippen molar-refractivity contribution >= 4 is 46.8 Å². The van der Waals surface area contributed by atoms with Gasteiger partial charge in [0.2, 0.25) is 11.8 Å². The van der Waals surface area contributed by atoms with Crippen LogP contribution in [0, 0.1) is 12.8 Å². The molecular weight excluding hydrogens is 614 g/mol. The maximum absolute atomic E-state index is 13.6. The van der Waals surface area contributed by atoms with Gasteiger partial charge in [-0.05, 0) is 80.3 Å². The minimum absolute atomic E-state index is 0.0474. The van der Waals surface area contributed by atoms with Crippen molar-refractivity contribution < 1.29 is 33.4 Å². The summed E-state index contributed by atoms with van der Waals surface area (Å²) in [5.74, 6) is -1.09. The van der Waals surface area contributed by atoms with E-state index in [-0.39, 0.29) is 38.6 Å². The predicted molar refractivity (Wildman–Crippen MR) is 185 cm³/mol. The lowest BCUT2D eigenvalue weighted by atomic mass is 10.1. The number of rotatable bonds is 16. The molecule has 3 N–H and O–H groups in total. The molecular formula is C36H45N5O7. The molecule has 48 heavy (non-hydrogen) atoms. The molecule has 0 saturated heterocycles. The molecule has 0 aliphatic rings. The number of aryl methyl sites for hydroxylation is 1. The highest BCUT2D eigenvalue weighted by Crippen LogP contribution is 2.18. The van der Waals surface area contributed by atoms with Crippen LogP contribution in [0.5, 0.6) is 5.75 Å². The number of amides is 5. The number of para-hydroxylation sites is 1. The van der Waals surface area contributed by atoms with Crippen LogP contribution in [-0.4, -0.2) is 79.4 Å². The topological polar surface area (TPSA) is 146 Å². The van der Waals surface area contributed by atoms with E-state index in [1.54, 1.807) is 55.5 Å². The summed E-state index contributed by atoms with van der Waals surface area (Å²) in [6.45, 7) is 7.47. The molecule has 3 rings (SSSR count). The summed E-state index contributed by atoms with van der Waals surface area (Å²) in [6, 6.07) is 20.2. The number of methoxy groups -OCH3 is 1. The van der Waals surface area contributed by atoms with E-state index >= 15 is 0 Å². The van der Waals surface area contributed by atoms with E-state index < -0.39 is 29.7 Å². The van der Waals surface area contributed by atoms with Gasteiger partial charge in [-0.2, -0.15) is 0 Å². The Morgan fingerprint density at radius 3 is 2.12 bits per heavy atom. The zero-order valence-electron chi connectivity index (χ0n) is 28.2. The van der Waals surface area contributed by atoms with Crippen molar-refractivity contribution in [2.45, 2.75) is 40.5 Å². The first-order chi connectivity index (χ1) is 23.0. The summed E-state index contributed by atoms with van der Waals surface area (Å²) in [5.41, 5.74) is 2.92. The molecule has 3 aromatic rings. The number of urea groups is 1. The average molecular weight is 660 g/mol. The molecule has 0 fully saturated rings. The maximum atomic E-state index is 13.6. The van der Waals surface area contributed by atoms with Gasteiger partial charge in [-0.15, -0.1) is 0 Å². The third kappa shape index (κ3) is 12.1. The highest BCUT2D eigenvalue weighted by atomic mass is 16.5. The lowest BCUT2D eigenvalue weighted by molar-refractivity contribution is -0.143. The number of esters is 1. The van der Waals surface area contributed by atoms with Crippen LogP contribution in [-0.2, 0) is 19.1 Å². The highest BCUT2D eigenvalue weighted by molar-refractivity contribution is 6.01. The van der Waals surface area contributed by atoms with Crippen molar-refractivity contribution in [2.75, 3.05) is 55.8 Å². The van der Waals surface area contributed by atoms with Gasteiger partial charge >= 0.3 is 12.0 Å². The van der Waals surface area contributed by atoms with Crippen molar-refractivity contribution in [3.05, 3.63) is 83.9 Å². The molecule has 0 heterocycles. The number of nitrogens with one attached hydrogen (secondary N) is 3. The van der Waals surface area contributed by atoms with Gasteiger partial charge in [-0.3, -0.25) is 19.2 Å². The van der Waals surface area contributed by atoms with Crippen molar-refractivity contribution in [3.8, 4) is 5.75 Å². The van der Waals surface area contributed by atoms with E-state index in [0.717, 1.165) is 5.56 Å². The van der Waals surface area contributed by atoms with Gasteiger partial charge in [0.1, 0.15) is 12.3 Å². The van der Waals surface area contributed by atoms with Crippen LogP contribution >= 0.6 is 0 Å². The van der Waals surface area contributed by atoms with Crippen molar-refractivity contribution in [1.82, 2.24) is 9.80 Å². The van der Waals surface area contributed by atoms with Crippen LogP contribution in [0.1, 0.15) is 49.5 Å². The fourth-order valence-electron chi connectivity index (χ4n) is 4.63. The third-order valence-electron chi connectivity index (χ3n) is 7.30. The molecule has 0 aliphatic carbocycles. The Labute approximate surface area is 281 Å². The Bertz CT molecular complexity index is 1560. The van der Waals surface area contributed by atoms with Gasteiger partial charge in [0.05, 0.1) is 26.7 Å². The van der Waals surface area contributed by atoms with Gasteiger partial charge in [0.15, 0.2) is 0 Å². The number of anilines is 3. The fourth-order valence-corrected chi connectivity index (χ4v) is 4.63. The standard InChI is InChI=1S/C36H45N5O7/c1-6-48-34(44)19-21-41(35(45)27-11-9-12-30(22-27)47-5)24-33(43)40(20-18-25(2)3)23-32(42)37-28-14-16-29(17-15-28)38-36(46)39-31-13-8-7-10-26(31)4/h7-17,22,25H,6,18-21,23-24H2,1-5H3,(H,37,42)(H2,38,39,46). The lowest BCUT2D eigenvalue weighted by Crippen LogP contribution is -2.46. The van der Waals surface area contributed by atoms with Gasteiger partial charge in [-0.1, -0.05) is 38.1 Å². The zero-order valence-corrected chi connectivity index (χ0v) is 28.2. The number of benzene rings is 3. The Morgan fingerprint density at radius 1 is 0.792 bits per heavy atom. The first-order valence-electron chi connectivity index (χ1n) is 15.9. The highest BCUT2D eigenvalue weighted by Gasteiger charge is 2.25. The molecule has 0 unspecified atom stereocenters. The number of nitrogens with zero attached hydrogens (tertiary/aromatic N) is 2. The van der Waals surface area contributed by atoms with E-state index in [2.05, 4.69) is 16.0 Å². The Hall–Kier alpha value is -5.39. The van der Waals surface area contributed by atoms with Crippen molar-refractivity contribution in [2.24, 2.45) is 5.92 Å². The van der Waals surface area contributed by atoms with Crippen LogP contribution < -0.4 is 20.7 Å². The quantitative estimate of drug-likeness (QED) is 0.171. The van der Waals surface area contributed by atoms with E-state index in [9.17, 15) is 24.0 Å². The molecule has 0 bridgehead atoms. The van der Waals surface area contributed by atoms with E-state index in [1.165, 1.54) is 16.9 Å². The molecule has 0 saturated carbocycles. The summed E-state index contributed by atoms with van der Waals surface area (Å²) in [5, 5.41) is 8.35. The van der Waals surface area contributed by atoms with E-state index in [1.807, 2.05) is 45.0 Å². The zero-order chi connectivity index (χ0) is 35.1. The van der Waals surface area contributed by atoms with E-state index in [4.69, 9.17) is 9.47 Å². The number of hydrogen-bond donors (Lipinski definition) is 3. The molecule has 12 heteroatoms. The molecule has 0 atom stereocenters. The molecule has 0 aliphatic heterocycles. The summed E-state index contributed by atoms with van der Waals surface area (Å²) in [4.78, 5) is 67.6. The fraction of sp³-hybridized carbons (Fsp3) is 0.361. The van der Waals surface area contributed by atoms with Gasteiger partial charge in [0.25, 0.3) is 5.91 Å². The smallest absolute Gasteiger partial charge is 0.323 e. The number of carbonyl (C=O) groups is 5. The van der Waals surface area contributed by atoms with Crippen molar-refractivity contribution in [1.29, 1.82) is 0 Å². The minimum Gasteiger partial charge on any atom is -0.497 e. The number of hydrogen-bond acceptors (Lipinski definition) is 7. The summed E-state index contributed by atoms with van der Waals surface area (Å²) in [6.07, 6.45) is 0.540. The SMILES string of the molecule is CCOC(=O)CCN(CC(=O)N(CCC(C)C)CC(=O)Nc1ccc(NC(=O)Nc2ccccc2C)cc1)C(=O)c1cccc(OC)c1. The lowest BCUT2D eigenvalue weighted by Gasteiger charge is -2.28. The molecule has 12 nitrogen and oxygen atoms in total. The molecule has 5 amide bonds. The Balaban J connectivity index is 1.67. The van der Waals surface area contributed by atoms with Crippen LogP contribution in [0.4, 0.5) is 21.9 Å². The maximum Gasteiger partial charge on any atom is 0.323 e. The van der Waals surface area contributed by atoms with Crippen LogP contribution in [0.3, 0.4) is 0 Å². The molecule has 0 radical (unpaired) electrons. The van der Waals surface area contributed by atoms with Gasteiger partial charge < -0.3 is 35.2 Å². The average Bonchev–Trinajstić information content (AvgIpc) is 3.06. The second kappa shape index (κ2) is 18.7. The summed E-state index contributed by atoms with van der Waals surface area (Å²) >= 11 is 0. The largest absolute Gasteiger partial charge is 0.497 e. The van der Waals surface area contributed by atoms with Crippen molar-refractivity contribution in [3.63, 3.8) is 0 Å². The predicted octanol–water partition coefficient (Wildman–Crippen LogP) is 5.56. The minimum atomic E-state index is -0.488. The van der Waals surface area contributed by atoms with E-state index in [0.29, 0.717) is 41.3 Å². The second-order valence-electron chi connectivity index (χ2n) is 11.5. The first kappa shape index (κ1) is 37.1. The molecule has 256 valence electrons. The second-order valence-corrected chi connectivity index (χ2v) is 11.5. The Morgan fingerprint density at radius 2 is 1.48 bits per heavy atom. The summed E-state index contributed by atoms with van der Waals surface area (Å²) in [7, 11) is 1.49. The van der Waals surface area contributed by atoms with Crippen LogP contribution in [0.25, 0.3) is 0 Å².